The summed E-state index contributed by atoms with van der Waals surface area (Å²) in [6.07, 6.45) is 5.09. The minimum atomic E-state index is -2.37. The molecule has 2 heterocycles. The molecule has 2 aromatic heterocycles. The lowest BCUT2D eigenvalue weighted by Gasteiger charge is -2.13. The fourth-order valence-corrected chi connectivity index (χ4v) is 3.61. The third-order valence-electron chi connectivity index (χ3n) is 2.74. The lowest BCUT2D eigenvalue weighted by Crippen LogP contribution is -2.08. The van der Waals surface area contributed by atoms with Crippen molar-refractivity contribution in [2.45, 2.75) is 19.1 Å². The van der Waals surface area contributed by atoms with Gasteiger partial charge in [0.1, 0.15) is 0 Å². The number of thiazole rings is 1. The number of aryl methyl sites for hydroxylation is 1. The highest BCUT2D eigenvalue weighted by atomic mass is 32.2. The van der Waals surface area contributed by atoms with E-state index in [9.17, 15) is 4.21 Å². The number of aromatic nitrogens is 2. The van der Waals surface area contributed by atoms with E-state index in [-0.39, 0.29) is 5.25 Å². The molecule has 0 aliphatic rings. The summed E-state index contributed by atoms with van der Waals surface area (Å²) in [7, 11) is -2.37. The minimum absolute atomic E-state index is 0.172. The molecule has 2 rings (SSSR count). The summed E-state index contributed by atoms with van der Waals surface area (Å²) >= 11 is 1.39. The van der Waals surface area contributed by atoms with E-state index in [0.717, 1.165) is 11.3 Å². The molecule has 0 fully saturated rings. The molecule has 96 valence electrons. The van der Waals surface area contributed by atoms with Crippen LogP contribution in [0.4, 0.5) is 5.13 Å². The summed E-state index contributed by atoms with van der Waals surface area (Å²) < 4.78 is 16.9. The van der Waals surface area contributed by atoms with E-state index in [1.807, 2.05) is 31.4 Å². The third kappa shape index (κ3) is 2.94. The van der Waals surface area contributed by atoms with E-state index < -0.39 is 9.73 Å². The van der Waals surface area contributed by atoms with E-state index in [0.29, 0.717) is 5.13 Å². The average molecular weight is 281 g/mol. The van der Waals surface area contributed by atoms with E-state index in [1.54, 1.807) is 18.6 Å². The van der Waals surface area contributed by atoms with Crippen molar-refractivity contribution in [3.8, 4) is 0 Å². The van der Waals surface area contributed by atoms with Crippen LogP contribution in [0.25, 0.3) is 0 Å². The van der Waals surface area contributed by atoms with Gasteiger partial charge in [-0.25, -0.2) is 9.19 Å². The van der Waals surface area contributed by atoms with Crippen LogP contribution in [0, 0.1) is 6.92 Å². The molecule has 0 saturated heterocycles. The van der Waals surface area contributed by atoms with E-state index in [4.69, 9.17) is 0 Å². The highest BCUT2D eigenvalue weighted by Gasteiger charge is 2.17. The van der Waals surface area contributed by atoms with Gasteiger partial charge in [0.15, 0.2) is 0 Å². The largest absolute Gasteiger partial charge is 0.261 e. The van der Waals surface area contributed by atoms with Crippen LogP contribution in [0.2, 0.25) is 0 Å². The first-order chi connectivity index (χ1) is 8.49. The number of hydrogen-bond acceptors (Lipinski definition) is 5. The maximum atomic E-state index is 12.6. The summed E-state index contributed by atoms with van der Waals surface area (Å²) in [6.45, 7) is 3.84. The van der Waals surface area contributed by atoms with Gasteiger partial charge in [0.05, 0.1) is 15.0 Å². The maximum Gasteiger partial charge on any atom is 0.217 e. The first kappa shape index (κ1) is 13.2. The first-order valence-electron chi connectivity index (χ1n) is 5.52. The molecule has 0 spiro atoms. The second-order valence-corrected chi connectivity index (χ2v) is 7.63. The van der Waals surface area contributed by atoms with Gasteiger partial charge in [0.25, 0.3) is 0 Å². The predicted molar refractivity (Wildman–Crippen MR) is 75.7 cm³/mol. The van der Waals surface area contributed by atoms with Crippen molar-refractivity contribution in [3.05, 3.63) is 41.2 Å². The van der Waals surface area contributed by atoms with Crippen molar-refractivity contribution < 1.29 is 4.21 Å². The average Bonchev–Trinajstić information content (AvgIpc) is 2.81. The van der Waals surface area contributed by atoms with E-state index in [2.05, 4.69) is 14.3 Å². The Balaban J connectivity index is 2.35. The van der Waals surface area contributed by atoms with Gasteiger partial charge in [-0.05, 0) is 25.5 Å². The summed E-state index contributed by atoms with van der Waals surface area (Å²) in [4.78, 5) is 8.28. The molecule has 0 saturated carbocycles. The van der Waals surface area contributed by atoms with Crippen molar-refractivity contribution in [3.63, 3.8) is 0 Å². The van der Waals surface area contributed by atoms with Crippen LogP contribution in [-0.4, -0.2) is 20.4 Å². The Morgan fingerprint density at radius 3 is 2.72 bits per heavy atom. The highest BCUT2D eigenvalue weighted by Crippen LogP contribution is 2.26. The SMILES string of the molecule is Cc1ccc(C(C)S(C)(=O)=Nc2nccs2)cn1. The molecule has 4 nitrogen and oxygen atoms in total. The maximum absolute atomic E-state index is 12.6. The van der Waals surface area contributed by atoms with Gasteiger partial charge in [-0.2, -0.15) is 4.36 Å². The Bertz CT molecular complexity index is 626. The van der Waals surface area contributed by atoms with Crippen LogP contribution in [0.5, 0.6) is 0 Å². The van der Waals surface area contributed by atoms with Gasteiger partial charge >= 0.3 is 0 Å². The van der Waals surface area contributed by atoms with Crippen LogP contribution in [0.1, 0.15) is 23.4 Å². The molecule has 0 aliphatic heterocycles. The second kappa shape index (κ2) is 5.16. The van der Waals surface area contributed by atoms with E-state index in [1.165, 1.54) is 11.3 Å². The van der Waals surface area contributed by atoms with E-state index >= 15 is 0 Å². The van der Waals surface area contributed by atoms with Gasteiger partial charge in [-0.15, -0.1) is 11.3 Å². The van der Waals surface area contributed by atoms with Crippen LogP contribution >= 0.6 is 11.3 Å². The minimum Gasteiger partial charge on any atom is -0.261 e. The number of nitrogens with zero attached hydrogens (tertiary/aromatic N) is 3. The predicted octanol–water partition coefficient (Wildman–Crippen LogP) is 3.34. The molecule has 0 aromatic carbocycles. The Hall–Kier alpha value is -1.27. The monoisotopic (exact) mass is 281 g/mol. The molecule has 0 aliphatic carbocycles. The van der Waals surface area contributed by atoms with Crippen molar-refractivity contribution >= 4 is 26.2 Å². The molecule has 2 atom stereocenters. The molecule has 0 amide bonds. The zero-order valence-electron chi connectivity index (χ0n) is 10.5. The Labute approximate surface area is 111 Å². The van der Waals surface area contributed by atoms with Gasteiger partial charge < -0.3 is 0 Å². The molecule has 6 heteroatoms. The fourth-order valence-electron chi connectivity index (χ4n) is 1.47. The van der Waals surface area contributed by atoms with Crippen molar-refractivity contribution in [2.75, 3.05) is 6.26 Å². The van der Waals surface area contributed by atoms with Crippen molar-refractivity contribution in [1.29, 1.82) is 0 Å². The lowest BCUT2D eigenvalue weighted by molar-refractivity contribution is 0.673. The van der Waals surface area contributed by atoms with Crippen LogP contribution in [0.3, 0.4) is 0 Å². The van der Waals surface area contributed by atoms with Gasteiger partial charge in [0.2, 0.25) is 5.13 Å². The van der Waals surface area contributed by atoms with Crippen LogP contribution < -0.4 is 0 Å². The first-order valence-corrected chi connectivity index (χ1v) is 8.38. The lowest BCUT2D eigenvalue weighted by atomic mass is 10.2. The second-order valence-electron chi connectivity index (χ2n) is 4.14. The third-order valence-corrected chi connectivity index (χ3v) is 5.64. The molecule has 2 unspecified atom stereocenters. The van der Waals surface area contributed by atoms with Crippen LogP contribution in [0.15, 0.2) is 34.3 Å². The molecule has 0 radical (unpaired) electrons. The Morgan fingerprint density at radius 1 is 1.39 bits per heavy atom. The number of rotatable bonds is 3. The molecule has 0 bridgehead atoms. The smallest absolute Gasteiger partial charge is 0.217 e. The standard InChI is InChI=1S/C12H15N3OS2/c1-9-4-5-11(8-14-9)10(2)18(3,16)15-12-13-6-7-17-12/h4-8,10H,1-3H3. The summed E-state index contributed by atoms with van der Waals surface area (Å²) in [5, 5.41) is 2.22. The molecule has 18 heavy (non-hydrogen) atoms. The quantitative estimate of drug-likeness (QED) is 0.867. The van der Waals surface area contributed by atoms with Crippen LogP contribution in [-0.2, 0) is 9.73 Å². The molecule has 0 N–H and O–H groups in total. The van der Waals surface area contributed by atoms with Crippen molar-refractivity contribution in [2.24, 2.45) is 4.36 Å². The Morgan fingerprint density at radius 2 is 2.17 bits per heavy atom. The number of hydrogen-bond donors (Lipinski definition) is 0. The van der Waals surface area contributed by atoms with Gasteiger partial charge in [-0.1, -0.05) is 6.07 Å². The zero-order valence-corrected chi connectivity index (χ0v) is 12.2. The Kier molecular flexibility index (Phi) is 3.77. The summed E-state index contributed by atoms with van der Waals surface area (Å²) in [6, 6.07) is 3.87. The summed E-state index contributed by atoms with van der Waals surface area (Å²) in [5.41, 5.74) is 1.89. The topological polar surface area (TPSA) is 55.2 Å². The van der Waals surface area contributed by atoms with Gasteiger partial charge in [0, 0.05) is 29.7 Å². The summed E-state index contributed by atoms with van der Waals surface area (Å²) in [5.74, 6) is 0. The highest BCUT2D eigenvalue weighted by molar-refractivity contribution is 7.93. The fraction of sp³-hybridized carbons (Fsp3) is 0.333. The molecular weight excluding hydrogens is 266 g/mol. The van der Waals surface area contributed by atoms with Gasteiger partial charge in [-0.3, -0.25) is 4.98 Å². The van der Waals surface area contributed by atoms with Crippen molar-refractivity contribution in [1.82, 2.24) is 9.97 Å². The molecule has 2 aromatic rings. The normalized spacial score (nSPS) is 15.9. The number of pyridine rings is 1. The zero-order chi connectivity index (χ0) is 13.2. The molecular formula is C12H15N3OS2.